The molecule has 13 heavy (non-hydrogen) atoms. The first-order chi connectivity index (χ1) is 5.91. The molecule has 0 aliphatic heterocycles. The Labute approximate surface area is 77.5 Å². The topological polar surface area (TPSA) is 52.6 Å². The van der Waals surface area contributed by atoms with Crippen molar-refractivity contribution >= 4 is 11.9 Å². The molecule has 0 heterocycles. The van der Waals surface area contributed by atoms with Crippen molar-refractivity contribution in [2.75, 3.05) is 0 Å². The predicted octanol–water partition coefficient (Wildman–Crippen LogP) is 1.61. The van der Waals surface area contributed by atoms with Gasteiger partial charge in [0.2, 0.25) is 0 Å². The van der Waals surface area contributed by atoms with E-state index in [1.54, 1.807) is 6.08 Å². The standard InChI is InChI=1S/C9H14O4/c1-6(2)5-9(12-7(3)10)13-8(4)11/h5-6H,1-4H3. The van der Waals surface area contributed by atoms with Gasteiger partial charge in [0.05, 0.1) is 0 Å². The summed E-state index contributed by atoms with van der Waals surface area (Å²) >= 11 is 0. The average Bonchev–Trinajstić information content (AvgIpc) is 1.80. The fourth-order valence-corrected chi connectivity index (χ4v) is 0.644. The highest BCUT2D eigenvalue weighted by molar-refractivity contribution is 5.69. The summed E-state index contributed by atoms with van der Waals surface area (Å²) < 4.78 is 9.30. The van der Waals surface area contributed by atoms with Gasteiger partial charge in [0.15, 0.2) is 0 Å². The van der Waals surface area contributed by atoms with Crippen molar-refractivity contribution in [1.82, 2.24) is 0 Å². The van der Waals surface area contributed by atoms with Gasteiger partial charge in [-0.15, -0.1) is 0 Å². The lowest BCUT2D eigenvalue weighted by molar-refractivity contribution is -0.151. The van der Waals surface area contributed by atoms with Gasteiger partial charge in [-0.25, -0.2) is 0 Å². The molecule has 74 valence electrons. The maximum atomic E-state index is 10.6. The summed E-state index contributed by atoms with van der Waals surface area (Å²) in [5, 5.41) is 0. The summed E-state index contributed by atoms with van der Waals surface area (Å²) in [6.07, 6.45) is 1.56. The molecule has 0 saturated carbocycles. The third-order valence-corrected chi connectivity index (χ3v) is 0.958. The first kappa shape index (κ1) is 11.7. The molecule has 0 aromatic heterocycles. The molecule has 0 aromatic carbocycles. The molecular formula is C9H14O4. The molecule has 0 rings (SSSR count). The number of hydrogen-bond donors (Lipinski definition) is 0. The van der Waals surface area contributed by atoms with Gasteiger partial charge in [-0.1, -0.05) is 13.8 Å². The van der Waals surface area contributed by atoms with Crippen LogP contribution in [0.1, 0.15) is 27.7 Å². The Kier molecular flexibility index (Phi) is 4.80. The van der Waals surface area contributed by atoms with Crippen molar-refractivity contribution in [2.24, 2.45) is 5.92 Å². The number of carbonyl (C=O) groups excluding carboxylic acids is 2. The van der Waals surface area contributed by atoms with E-state index in [0.29, 0.717) is 0 Å². The van der Waals surface area contributed by atoms with Gasteiger partial charge >= 0.3 is 11.9 Å². The number of allylic oxidation sites excluding steroid dienone is 1. The largest absolute Gasteiger partial charge is 0.393 e. The maximum Gasteiger partial charge on any atom is 0.310 e. The Bertz CT molecular complexity index is 210. The molecule has 0 aliphatic rings. The molecule has 4 heteroatoms. The highest BCUT2D eigenvalue weighted by Crippen LogP contribution is 2.06. The summed E-state index contributed by atoms with van der Waals surface area (Å²) in [5.41, 5.74) is 0. The van der Waals surface area contributed by atoms with E-state index < -0.39 is 11.9 Å². The number of esters is 2. The van der Waals surface area contributed by atoms with E-state index in [9.17, 15) is 9.59 Å². The SMILES string of the molecule is CC(=O)OC(=CC(C)C)OC(C)=O. The van der Waals surface area contributed by atoms with Crippen LogP contribution in [-0.2, 0) is 19.1 Å². The average molecular weight is 186 g/mol. The van der Waals surface area contributed by atoms with Gasteiger partial charge in [0, 0.05) is 13.8 Å². The molecule has 0 spiro atoms. The smallest absolute Gasteiger partial charge is 0.310 e. The fourth-order valence-electron chi connectivity index (χ4n) is 0.644. The maximum absolute atomic E-state index is 10.6. The first-order valence-corrected chi connectivity index (χ1v) is 4.00. The van der Waals surface area contributed by atoms with Crippen LogP contribution in [0.2, 0.25) is 0 Å². The third kappa shape index (κ3) is 7.05. The van der Waals surface area contributed by atoms with E-state index in [2.05, 4.69) is 9.47 Å². The molecule has 0 aliphatic carbocycles. The van der Waals surface area contributed by atoms with E-state index in [1.165, 1.54) is 13.8 Å². The van der Waals surface area contributed by atoms with Crippen molar-refractivity contribution in [3.05, 3.63) is 12.0 Å². The van der Waals surface area contributed by atoms with E-state index >= 15 is 0 Å². The monoisotopic (exact) mass is 186 g/mol. The van der Waals surface area contributed by atoms with Crippen LogP contribution in [0.3, 0.4) is 0 Å². The summed E-state index contributed by atoms with van der Waals surface area (Å²) in [6, 6.07) is 0. The molecular weight excluding hydrogens is 172 g/mol. The second-order valence-electron chi connectivity index (χ2n) is 2.92. The molecule has 0 radical (unpaired) electrons. The van der Waals surface area contributed by atoms with Crippen LogP contribution < -0.4 is 0 Å². The highest BCUT2D eigenvalue weighted by atomic mass is 16.7. The number of rotatable bonds is 3. The minimum atomic E-state index is -0.506. The number of hydrogen-bond acceptors (Lipinski definition) is 4. The molecule has 4 nitrogen and oxygen atoms in total. The summed E-state index contributed by atoms with van der Waals surface area (Å²) in [4.78, 5) is 21.1. The second-order valence-corrected chi connectivity index (χ2v) is 2.92. The van der Waals surface area contributed by atoms with Crippen molar-refractivity contribution in [2.45, 2.75) is 27.7 Å². The lowest BCUT2D eigenvalue weighted by Gasteiger charge is -2.06. The van der Waals surface area contributed by atoms with Crippen molar-refractivity contribution in [1.29, 1.82) is 0 Å². The quantitative estimate of drug-likeness (QED) is 0.496. The zero-order chi connectivity index (χ0) is 10.4. The van der Waals surface area contributed by atoms with Gasteiger partial charge in [-0.2, -0.15) is 0 Å². The summed E-state index contributed by atoms with van der Waals surface area (Å²) in [6.45, 7) is 6.26. The van der Waals surface area contributed by atoms with Crippen molar-refractivity contribution in [3.8, 4) is 0 Å². The zero-order valence-electron chi connectivity index (χ0n) is 8.29. The first-order valence-electron chi connectivity index (χ1n) is 4.00. The van der Waals surface area contributed by atoms with Gasteiger partial charge in [-0.3, -0.25) is 9.59 Å². The van der Waals surface area contributed by atoms with Gasteiger partial charge < -0.3 is 9.47 Å². The van der Waals surface area contributed by atoms with Crippen LogP contribution in [0, 0.1) is 5.92 Å². The van der Waals surface area contributed by atoms with Crippen LogP contribution in [0.25, 0.3) is 0 Å². The van der Waals surface area contributed by atoms with Crippen LogP contribution in [-0.4, -0.2) is 11.9 Å². The highest BCUT2D eigenvalue weighted by Gasteiger charge is 2.07. The third-order valence-electron chi connectivity index (χ3n) is 0.958. The number of carbonyl (C=O) groups is 2. The molecule has 0 N–H and O–H groups in total. The second kappa shape index (κ2) is 5.35. The van der Waals surface area contributed by atoms with E-state index in [0.717, 1.165) is 0 Å². The lowest BCUT2D eigenvalue weighted by Crippen LogP contribution is -2.07. The summed E-state index contributed by atoms with van der Waals surface area (Å²) in [7, 11) is 0. The Morgan fingerprint density at radius 3 is 1.69 bits per heavy atom. The molecule has 0 fully saturated rings. The molecule has 0 unspecified atom stereocenters. The van der Waals surface area contributed by atoms with Gasteiger partial charge in [0.1, 0.15) is 0 Å². The molecule has 0 saturated heterocycles. The molecule has 0 bridgehead atoms. The number of ether oxygens (including phenoxy) is 2. The molecule has 0 atom stereocenters. The van der Waals surface area contributed by atoms with E-state index in [1.807, 2.05) is 13.8 Å². The van der Waals surface area contributed by atoms with Crippen molar-refractivity contribution in [3.63, 3.8) is 0 Å². The van der Waals surface area contributed by atoms with E-state index in [4.69, 9.17) is 0 Å². The summed E-state index contributed by atoms with van der Waals surface area (Å²) in [5.74, 6) is -0.912. The lowest BCUT2D eigenvalue weighted by atomic mass is 10.2. The van der Waals surface area contributed by atoms with Crippen LogP contribution in [0.4, 0.5) is 0 Å². The van der Waals surface area contributed by atoms with Crippen LogP contribution >= 0.6 is 0 Å². The zero-order valence-corrected chi connectivity index (χ0v) is 8.29. The molecule has 0 amide bonds. The van der Waals surface area contributed by atoms with Crippen LogP contribution in [0.15, 0.2) is 12.0 Å². The van der Waals surface area contributed by atoms with Gasteiger partial charge in [-0.05, 0) is 12.0 Å². The van der Waals surface area contributed by atoms with E-state index in [-0.39, 0.29) is 11.9 Å². The fraction of sp³-hybridized carbons (Fsp3) is 0.556. The van der Waals surface area contributed by atoms with Crippen LogP contribution in [0.5, 0.6) is 0 Å². The minimum Gasteiger partial charge on any atom is -0.393 e. The Hall–Kier alpha value is -1.32. The predicted molar refractivity (Wildman–Crippen MR) is 46.5 cm³/mol. The minimum absolute atomic E-state index is 0.0463. The Morgan fingerprint density at radius 2 is 1.46 bits per heavy atom. The Morgan fingerprint density at radius 1 is 1.08 bits per heavy atom. The van der Waals surface area contributed by atoms with Crippen molar-refractivity contribution < 1.29 is 19.1 Å². The molecule has 0 aromatic rings. The Balaban J connectivity index is 4.36. The van der Waals surface area contributed by atoms with Gasteiger partial charge in [0.25, 0.3) is 5.95 Å². The normalized spacial score (nSPS) is 9.31.